The number of hydrogen-bond acceptors (Lipinski definition) is 28. The molecule has 0 fully saturated rings. The Hall–Kier alpha value is -13.4. The summed E-state index contributed by atoms with van der Waals surface area (Å²) in [5.74, 6) is -28.4. The summed E-state index contributed by atoms with van der Waals surface area (Å²) in [6, 6.07) is 4.20. The topological polar surface area (TPSA) is 671 Å². The van der Waals surface area contributed by atoms with E-state index in [1.807, 2.05) is 0 Å². The van der Waals surface area contributed by atoms with Crippen LogP contribution in [0.5, 0.6) is 103 Å². The number of primary amides is 2. The van der Waals surface area contributed by atoms with Crippen LogP contribution < -0.4 is 48.7 Å². The van der Waals surface area contributed by atoms with Gasteiger partial charge in [0, 0.05) is 66.0 Å². The number of carbonyl (C=O) groups is 10. The Labute approximate surface area is 512 Å². The molecule has 0 spiro atoms. The maximum absolute atomic E-state index is 13.7. The van der Waals surface area contributed by atoms with E-state index >= 15 is 0 Å². The van der Waals surface area contributed by atoms with Crippen LogP contribution in [-0.4, -0.2) is 195 Å². The Morgan fingerprint density at radius 1 is 0.283 bits per heavy atom. The summed E-state index contributed by atoms with van der Waals surface area (Å²) in [7, 11) is 0. The molecule has 0 heterocycles. The van der Waals surface area contributed by atoms with E-state index in [9.17, 15) is 140 Å². The van der Waals surface area contributed by atoms with Gasteiger partial charge in [-0.05, 0) is 72.8 Å². The van der Waals surface area contributed by atoms with Gasteiger partial charge in [0.05, 0.1) is 5.92 Å². The van der Waals surface area contributed by atoms with Crippen molar-refractivity contribution < 1.29 is 140 Å². The van der Waals surface area contributed by atoms with Crippen molar-refractivity contribution in [3.8, 4) is 103 Å². The smallest absolute Gasteiger partial charge is 0.252 e. The molecular weight excluding hydrogens is 1230 g/mol. The Morgan fingerprint density at radius 3 is 0.804 bits per heavy atom. The van der Waals surface area contributed by atoms with Gasteiger partial charge >= 0.3 is 0 Å². The Balaban J connectivity index is 0.000000440. The number of hydrogen-bond donors (Lipinski definition) is 27. The van der Waals surface area contributed by atoms with Gasteiger partial charge in [0.15, 0.2) is 109 Å². The lowest BCUT2D eigenvalue weighted by atomic mass is 9.96. The molecule has 6 rings (SSSR count). The van der Waals surface area contributed by atoms with E-state index in [1.54, 1.807) is 0 Å². The predicted octanol–water partition coefficient (Wildman–Crippen LogP) is -2.98. The molecule has 0 aliphatic carbocycles. The summed E-state index contributed by atoms with van der Waals surface area (Å²) >= 11 is 0. The fourth-order valence-corrected chi connectivity index (χ4v) is 7.71. The summed E-state index contributed by atoms with van der Waals surface area (Å²) in [6.45, 7) is -2.93. The average Bonchev–Trinajstić information content (AvgIpc) is 0.984. The van der Waals surface area contributed by atoms with E-state index in [2.05, 4.69) is 37.2 Å². The number of benzene rings is 6. The minimum atomic E-state index is -1.85. The number of ketones is 1. The molecule has 0 bridgehead atoms. The summed E-state index contributed by atoms with van der Waals surface area (Å²) in [5.41, 5.74) is 8.28. The van der Waals surface area contributed by atoms with E-state index < -0.39 is 241 Å². The predicted molar refractivity (Wildman–Crippen MR) is 304 cm³/mol. The van der Waals surface area contributed by atoms with Crippen molar-refractivity contribution in [1.29, 1.82) is 0 Å². The number of amides is 9. The molecule has 6 aromatic rings. The van der Waals surface area contributed by atoms with Gasteiger partial charge in [0.2, 0.25) is 23.6 Å². The molecule has 92 heavy (non-hydrogen) atoms. The molecule has 0 saturated carbocycles. The minimum Gasteiger partial charge on any atom is -0.504 e. The molecule has 6 aromatic carbocycles. The molecule has 0 aromatic heterocycles. The lowest BCUT2D eigenvalue weighted by Gasteiger charge is -2.23. The largest absolute Gasteiger partial charge is 0.504 e. The zero-order chi connectivity index (χ0) is 68.9. The van der Waals surface area contributed by atoms with Gasteiger partial charge in [-0.1, -0.05) is 0 Å². The molecule has 0 aliphatic rings. The molecule has 0 radical (unpaired) electrons. The number of carbonyl (C=O) groups excluding carboxylic acids is 10. The highest BCUT2D eigenvalue weighted by atomic mass is 16.4. The molecule has 9 amide bonds. The van der Waals surface area contributed by atoms with Crippen molar-refractivity contribution in [2.75, 3.05) is 26.2 Å². The second-order valence-corrected chi connectivity index (χ2v) is 19.3. The van der Waals surface area contributed by atoms with Crippen LogP contribution in [0.25, 0.3) is 0 Å². The van der Waals surface area contributed by atoms with Crippen LogP contribution >= 0.6 is 0 Å². The first-order chi connectivity index (χ1) is 43.0. The van der Waals surface area contributed by atoms with Gasteiger partial charge in [-0.3, -0.25) is 47.9 Å². The quantitative estimate of drug-likeness (QED) is 0.0225. The highest BCUT2D eigenvalue weighted by Crippen LogP contribution is 2.40. The molecular formula is C55H55N9O28. The highest BCUT2D eigenvalue weighted by Gasteiger charge is 2.31. The maximum atomic E-state index is 13.7. The lowest BCUT2D eigenvalue weighted by molar-refractivity contribution is -0.130. The third-order valence-electron chi connectivity index (χ3n) is 12.7. The number of aromatic hydroxyl groups is 18. The normalized spacial score (nSPS) is 12.0. The van der Waals surface area contributed by atoms with Crippen molar-refractivity contribution in [2.24, 2.45) is 17.4 Å². The lowest BCUT2D eigenvalue weighted by Crippen LogP contribution is -2.57. The molecule has 29 N–H and O–H groups in total. The molecule has 4 atom stereocenters. The third-order valence-corrected chi connectivity index (χ3v) is 12.7. The minimum absolute atomic E-state index is 0.249. The maximum Gasteiger partial charge on any atom is 0.252 e. The summed E-state index contributed by atoms with van der Waals surface area (Å²) in [6.07, 6.45) is -0.855. The second-order valence-electron chi connectivity index (χ2n) is 19.3. The van der Waals surface area contributed by atoms with E-state index in [0.29, 0.717) is 12.1 Å². The van der Waals surface area contributed by atoms with Crippen LogP contribution in [0.3, 0.4) is 0 Å². The summed E-state index contributed by atoms with van der Waals surface area (Å²) in [4.78, 5) is 128. The van der Waals surface area contributed by atoms with Crippen LogP contribution in [-0.2, 0) is 19.2 Å². The second kappa shape index (κ2) is 29.3. The summed E-state index contributed by atoms with van der Waals surface area (Å²) in [5, 5.41) is 189. The fraction of sp³-hybridized carbons (Fsp3) is 0.164. The van der Waals surface area contributed by atoms with Crippen LogP contribution in [0.4, 0.5) is 0 Å². The number of phenolic OH excluding ortho intramolecular Hbond substituents is 18. The van der Waals surface area contributed by atoms with E-state index in [0.717, 1.165) is 60.7 Å². The Kier molecular flexibility index (Phi) is 22.1. The van der Waals surface area contributed by atoms with E-state index in [-0.39, 0.29) is 11.1 Å². The van der Waals surface area contributed by atoms with Gasteiger partial charge in [0.25, 0.3) is 29.5 Å². The zero-order valence-electron chi connectivity index (χ0n) is 46.6. The first-order valence-electron chi connectivity index (χ1n) is 25.7. The van der Waals surface area contributed by atoms with Crippen molar-refractivity contribution >= 4 is 58.9 Å². The SMILES string of the molecule is NC(=O)C(CNC(=O)C(CNC(=O)c1cc(O)c(O)c(O)c1)NC(=O)c1cc(O)c(O)c(O)c1)NC(=O)C(CNC(=O)c1cc(O)c(O)c(O)c1)CC(=O)c1cc(O)c(O)c(O)c1.NC(=O)C(CNC(=O)c1cc(O)c(O)c(O)c1)NC(=O)c1cc(O)c(O)c(O)c1. The Morgan fingerprint density at radius 2 is 0.511 bits per heavy atom. The average molecular weight is 1290 g/mol. The standard InChI is InChI=1S/C38H38N6O19.C17H17N3O9/c39-33(58)18(43-37(62)17(9-20(45)13-1-21(46)29(54)22(47)2-13)10-40-34(59)14-3-23(48)30(55)24(49)4-14)11-42-38(63)19(44-36(61)16-7-27(52)32(57)28(53)8-16)12-41-35(60)15-5-25(50)31(56)26(51)6-15;18-15(27)8(20-17(29)7-3-11(23)14(26)12(24)4-7)5-19-16(28)6-1-9(21)13(25)10(22)2-6/h1-8,17-19,46-57H,9-12H2,(H2,39,58)(H,40,59)(H,41,60)(H,42,63)(H,43,62)(H,44,61);1-4,8,21-26H,5H2,(H2,18,27)(H,19,28)(H,20,29). The van der Waals surface area contributed by atoms with Crippen LogP contribution in [0.15, 0.2) is 72.8 Å². The number of rotatable bonds is 23. The van der Waals surface area contributed by atoms with Crippen LogP contribution in [0, 0.1) is 5.92 Å². The first kappa shape index (κ1) is 69.4. The van der Waals surface area contributed by atoms with Gasteiger partial charge in [0.1, 0.15) is 18.1 Å². The van der Waals surface area contributed by atoms with Crippen molar-refractivity contribution in [3.63, 3.8) is 0 Å². The number of nitrogens with one attached hydrogen (secondary N) is 7. The monoisotopic (exact) mass is 1290 g/mol. The molecule has 4 unspecified atom stereocenters. The first-order valence-corrected chi connectivity index (χ1v) is 25.7. The molecule has 488 valence electrons. The fourth-order valence-electron chi connectivity index (χ4n) is 7.71. The van der Waals surface area contributed by atoms with E-state index in [1.165, 1.54) is 0 Å². The summed E-state index contributed by atoms with van der Waals surface area (Å²) < 4.78 is 0. The van der Waals surface area contributed by atoms with Gasteiger partial charge in [-0.15, -0.1) is 0 Å². The van der Waals surface area contributed by atoms with Gasteiger partial charge < -0.3 is 141 Å². The molecule has 0 aliphatic heterocycles. The molecule has 37 nitrogen and oxygen atoms in total. The van der Waals surface area contributed by atoms with Crippen LogP contribution in [0.2, 0.25) is 0 Å². The molecule has 0 saturated heterocycles. The number of Topliss-reactive ketones (excluding diaryl/α,β-unsaturated/α-hetero) is 1. The van der Waals surface area contributed by atoms with Crippen molar-refractivity contribution in [2.45, 2.75) is 24.5 Å². The van der Waals surface area contributed by atoms with Crippen molar-refractivity contribution in [1.82, 2.24) is 37.2 Å². The molecule has 37 heteroatoms. The highest BCUT2D eigenvalue weighted by molar-refractivity contribution is 6.03. The Bertz CT molecular complexity index is 3810. The number of phenols is 18. The van der Waals surface area contributed by atoms with Gasteiger partial charge in [-0.2, -0.15) is 0 Å². The zero-order valence-corrected chi connectivity index (χ0v) is 46.6. The van der Waals surface area contributed by atoms with Crippen LogP contribution in [0.1, 0.15) is 68.6 Å². The third kappa shape index (κ3) is 17.4. The van der Waals surface area contributed by atoms with Gasteiger partial charge in [-0.25, -0.2) is 0 Å². The number of nitrogens with two attached hydrogens (primary N) is 2. The van der Waals surface area contributed by atoms with E-state index in [4.69, 9.17) is 11.5 Å². The van der Waals surface area contributed by atoms with Crippen molar-refractivity contribution in [3.05, 3.63) is 106 Å².